The third-order valence-corrected chi connectivity index (χ3v) is 4.02. The molecule has 0 aliphatic carbocycles. The van der Waals surface area contributed by atoms with Crippen molar-refractivity contribution in [1.82, 2.24) is 9.97 Å². The van der Waals surface area contributed by atoms with E-state index >= 15 is 0 Å². The lowest BCUT2D eigenvalue weighted by Crippen LogP contribution is -2.00. The fraction of sp³-hybridized carbons (Fsp3) is 0.0667. The smallest absolute Gasteiger partial charge is 0.335 e. The summed E-state index contributed by atoms with van der Waals surface area (Å²) in [5, 5.41) is 9.91. The van der Waals surface area contributed by atoms with Crippen LogP contribution in [0.1, 0.15) is 15.9 Å². The van der Waals surface area contributed by atoms with Crippen LogP contribution in [0, 0.1) is 0 Å². The number of fused-ring (bicyclic) bond motifs is 1. The van der Waals surface area contributed by atoms with Gasteiger partial charge in [-0.2, -0.15) is 0 Å². The fourth-order valence-electron chi connectivity index (χ4n) is 2.07. The van der Waals surface area contributed by atoms with Crippen molar-refractivity contribution in [3.05, 3.63) is 53.6 Å². The number of rotatable bonds is 4. The number of imidazole rings is 1. The molecule has 0 saturated heterocycles. The Morgan fingerprint density at radius 2 is 2.10 bits per heavy atom. The molecule has 0 unspecified atom stereocenters. The van der Waals surface area contributed by atoms with E-state index in [1.807, 2.05) is 24.3 Å². The first-order valence-electron chi connectivity index (χ1n) is 6.33. The summed E-state index contributed by atoms with van der Waals surface area (Å²) in [5.74, 6) is -0.374. The molecule has 6 heteroatoms. The maximum absolute atomic E-state index is 11.2. The number of nitrogen functional groups attached to an aromatic ring is 1. The van der Waals surface area contributed by atoms with Crippen molar-refractivity contribution in [2.45, 2.75) is 10.9 Å². The molecule has 5 nitrogen and oxygen atoms in total. The first-order chi connectivity index (χ1) is 10.1. The molecule has 4 N–H and O–H groups in total. The molecule has 0 aliphatic heterocycles. The van der Waals surface area contributed by atoms with E-state index in [9.17, 15) is 4.79 Å². The quantitative estimate of drug-likeness (QED) is 0.508. The van der Waals surface area contributed by atoms with Crippen LogP contribution in [0.3, 0.4) is 0 Å². The molecule has 0 radical (unpaired) electrons. The minimum Gasteiger partial charge on any atom is -0.478 e. The normalized spacial score (nSPS) is 10.9. The number of carboxylic acids is 1. The molecule has 0 saturated carbocycles. The van der Waals surface area contributed by atoms with Gasteiger partial charge in [0.15, 0.2) is 5.16 Å². The van der Waals surface area contributed by atoms with Crippen molar-refractivity contribution in [2.24, 2.45) is 0 Å². The van der Waals surface area contributed by atoms with Crippen LogP contribution in [-0.4, -0.2) is 21.0 Å². The summed E-state index contributed by atoms with van der Waals surface area (Å²) in [4.78, 5) is 18.8. The number of hydrogen-bond acceptors (Lipinski definition) is 4. The molecule has 0 spiro atoms. The number of anilines is 1. The van der Waals surface area contributed by atoms with Crippen LogP contribution in [0.15, 0.2) is 47.6 Å². The van der Waals surface area contributed by atoms with E-state index in [0.717, 1.165) is 21.8 Å². The van der Waals surface area contributed by atoms with Gasteiger partial charge in [-0.25, -0.2) is 9.78 Å². The van der Waals surface area contributed by atoms with E-state index < -0.39 is 5.97 Å². The average molecular weight is 299 g/mol. The van der Waals surface area contributed by atoms with E-state index in [4.69, 9.17) is 10.8 Å². The Bertz CT molecular complexity index is 814. The number of aromatic nitrogens is 2. The number of nitrogens with one attached hydrogen (secondary N) is 1. The number of nitrogens with two attached hydrogens (primary N) is 1. The molecule has 0 fully saturated rings. The summed E-state index contributed by atoms with van der Waals surface area (Å²) < 4.78 is 0. The number of nitrogens with zero attached hydrogens (tertiary/aromatic N) is 1. The number of carbonyl (C=O) groups is 1. The number of benzene rings is 2. The molecule has 0 aliphatic rings. The van der Waals surface area contributed by atoms with Crippen LogP contribution in [0.2, 0.25) is 0 Å². The zero-order valence-corrected chi connectivity index (χ0v) is 11.9. The first-order valence-corrected chi connectivity index (χ1v) is 7.31. The largest absolute Gasteiger partial charge is 0.478 e. The van der Waals surface area contributed by atoms with Crippen LogP contribution in [0.25, 0.3) is 11.0 Å². The highest BCUT2D eigenvalue weighted by molar-refractivity contribution is 7.98. The van der Waals surface area contributed by atoms with Crippen molar-refractivity contribution in [1.29, 1.82) is 0 Å². The van der Waals surface area contributed by atoms with Gasteiger partial charge in [0, 0.05) is 11.4 Å². The van der Waals surface area contributed by atoms with E-state index in [1.165, 1.54) is 11.8 Å². The first kappa shape index (κ1) is 13.5. The van der Waals surface area contributed by atoms with E-state index in [0.29, 0.717) is 17.0 Å². The second kappa shape index (κ2) is 5.49. The number of thioether (sulfide) groups is 1. The highest BCUT2D eigenvalue weighted by Crippen LogP contribution is 2.25. The van der Waals surface area contributed by atoms with Gasteiger partial charge in [0.05, 0.1) is 16.6 Å². The van der Waals surface area contributed by atoms with Crippen molar-refractivity contribution >= 4 is 34.5 Å². The Morgan fingerprint density at radius 1 is 1.29 bits per heavy atom. The van der Waals surface area contributed by atoms with Gasteiger partial charge in [-0.15, -0.1) is 0 Å². The lowest BCUT2D eigenvalue weighted by atomic mass is 10.1. The molecule has 3 rings (SSSR count). The standard InChI is InChI=1S/C15H13N3O2S/c16-10-5-6-12-13(7-10)18-15(17-12)21-8-9-3-1-2-4-11(9)14(19)20/h1-7H,8,16H2,(H,17,18)(H,19,20). The van der Waals surface area contributed by atoms with Crippen LogP contribution < -0.4 is 5.73 Å². The van der Waals surface area contributed by atoms with E-state index in [2.05, 4.69) is 9.97 Å². The monoisotopic (exact) mass is 299 g/mol. The average Bonchev–Trinajstić information content (AvgIpc) is 2.87. The van der Waals surface area contributed by atoms with Gasteiger partial charge in [-0.1, -0.05) is 30.0 Å². The SMILES string of the molecule is Nc1ccc2nc(SCc3ccccc3C(=O)O)[nH]c2c1. The number of carboxylic acid groups (broad SMARTS) is 1. The minimum atomic E-state index is -0.913. The summed E-state index contributed by atoms with van der Waals surface area (Å²) in [6.45, 7) is 0. The summed E-state index contributed by atoms with van der Waals surface area (Å²) in [7, 11) is 0. The second-order valence-corrected chi connectivity index (χ2v) is 5.53. The topological polar surface area (TPSA) is 92.0 Å². The summed E-state index contributed by atoms with van der Waals surface area (Å²) >= 11 is 1.47. The summed E-state index contributed by atoms with van der Waals surface area (Å²) in [5.41, 5.74) is 9.23. The van der Waals surface area contributed by atoms with Crippen molar-refractivity contribution < 1.29 is 9.90 Å². The predicted octanol–water partition coefficient (Wildman–Crippen LogP) is 3.14. The zero-order chi connectivity index (χ0) is 14.8. The Balaban J connectivity index is 1.82. The Morgan fingerprint density at radius 3 is 2.90 bits per heavy atom. The van der Waals surface area contributed by atoms with Crippen LogP contribution in [-0.2, 0) is 5.75 Å². The highest BCUT2D eigenvalue weighted by Gasteiger charge is 2.10. The molecule has 1 aromatic heterocycles. The minimum absolute atomic E-state index is 0.324. The van der Waals surface area contributed by atoms with Gasteiger partial charge in [-0.05, 0) is 29.8 Å². The summed E-state index contributed by atoms with van der Waals surface area (Å²) in [6.07, 6.45) is 0. The molecule has 2 aromatic carbocycles. The third-order valence-electron chi connectivity index (χ3n) is 3.10. The van der Waals surface area contributed by atoms with Gasteiger partial charge in [-0.3, -0.25) is 0 Å². The summed E-state index contributed by atoms with van der Waals surface area (Å²) in [6, 6.07) is 12.5. The zero-order valence-electron chi connectivity index (χ0n) is 11.0. The van der Waals surface area contributed by atoms with Crippen LogP contribution in [0.4, 0.5) is 5.69 Å². The van der Waals surface area contributed by atoms with Gasteiger partial charge < -0.3 is 15.8 Å². The van der Waals surface area contributed by atoms with Gasteiger partial charge in [0.25, 0.3) is 0 Å². The molecule has 0 atom stereocenters. The van der Waals surface area contributed by atoms with E-state index in [1.54, 1.807) is 18.2 Å². The van der Waals surface area contributed by atoms with Gasteiger partial charge in [0.1, 0.15) is 0 Å². The maximum Gasteiger partial charge on any atom is 0.335 e. The fourth-order valence-corrected chi connectivity index (χ4v) is 2.96. The van der Waals surface area contributed by atoms with E-state index in [-0.39, 0.29) is 0 Å². The highest BCUT2D eigenvalue weighted by atomic mass is 32.2. The number of aromatic carboxylic acids is 1. The Labute approximate surface area is 125 Å². The number of hydrogen-bond donors (Lipinski definition) is 3. The van der Waals surface area contributed by atoms with Gasteiger partial charge in [0.2, 0.25) is 0 Å². The molecular formula is C15H13N3O2S. The van der Waals surface area contributed by atoms with Crippen molar-refractivity contribution in [2.75, 3.05) is 5.73 Å². The second-order valence-electron chi connectivity index (χ2n) is 4.57. The lowest BCUT2D eigenvalue weighted by Gasteiger charge is -2.03. The number of H-pyrrole nitrogens is 1. The van der Waals surface area contributed by atoms with Crippen molar-refractivity contribution in [3.63, 3.8) is 0 Å². The number of aromatic amines is 1. The molecule has 0 amide bonds. The molecular weight excluding hydrogens is 286 g/mol. The van der Waals surface area contributed by atoms with Gasteiger partial charge >= 0.3 is 5.97 Å². The Kier molecular flexibility index (Phi) is 3.53. The molecule has 0 bridgehead atoms. The maximum atomic E-state index is 11.2. The third kappa shape index (κ3) is 2.85. The lowest BCUT2D eigenvalue weighted by molar-refractivity contribution is 0.0696. The van der Waals surface area contributed by atoms with Crippen LogP contribution >= 0.6 is 11.8 Å². The van der Waals surface area contributed by atoms with Crippen molar-refractivity contribution in [3.8, 4) is 0 Å². The Hall–Kier alpha value is -2.47. The molecule has 106 valence electrons. The predicted molar refractivity (Wildman–Crippen MR) is 83.5 cm³/mol. The molecule has 21 heavy (non-hydrogen) atoms. The molecule has 3 aromatic rings. The molecule has 1 heterocycles. The van der Waals surface area contributed by atoms with Crippen LogP contribution in [0.5, 0.6) is 0 Å².